The van der Waals surface area contributed by atoms with Gasteiger partial charge in [-0.05, 0) is 42.8 Å². The summed E-state index contributed by atoms with van der Waals surface area (Å²) in [6, 6.07) is 7.78. The first-order chi connectivity index (χ1) is 8.75. The number of aromatic nitrogens is 2. The Morgan fingerprint density at radius 2 is 2.28 bits per heavy atom. The van der Waals surface area contributed by atoms with Gasteiger partial charge in [0.25, 0.3) is 0 Å². The maximum Gasteiger partial charge on any atom is 0.0489 e. The van der Waals surface area contributed by atoms with E-state index in [2.05, 4.69) is 26.3 Å². The molecule has 0 aliphatic rings. The minimum absolute atomic E-state index is 0.770. The van der Waals surface area contributed by atoms with E-state index in [-0.39, 0.29) is 0 Å². The Morgan fingerprint density at radius 1 is 1.39 bits per heavy atom. The van der Waals surface area contributed by atoms with Crippen LogP contribution in [-0.4, -0.2) is 16.3 Å². The minimum Gasteiger partial charge on any atom is -0.313 e. The third kappa shape index (κ3) is 4.12. The van der Waals surface area contributed by atoms with Crippen molar-refractivity contribution < 1.29 is 0 Å². The summed E-state index contributed by atoms with van der Waals surface area (Å²) in [7, 11) is 0. The van der Waals surface area contributed by atoms with Crippen LogP contribution in [0.2, 0.25) is 5.02 Å². The molecular formula is C13H15BrClN3. The smallest absolute Gasteiger partial charge is 0.0489 e. The van der Waals surface area contributed by atoms with Crippen LogP contribution < -0.4 is 5.32 Å². The van der Waals surface area contributed by atoms with Gasteiger partial charge in [0.1, 0.15) is 0 Å². The van der Waals surface area contributed by atoms with Crippen LogP contribution in [0.5, 0.6) is 0 Å². The lowest BCUT2D eigenvalue weighted by atomic mass is 10.2. The number of hydrogen-bond donors (Lipinski definition) is 1. The highest BCUT2D eigenvalue weighted by Crippen LogP contribution is 2.20. The fraction of sp³-hybridized carbons (Fsp3) is 0.308. The molecule has 1 N–H and O–H groups in total. The summed E-state index contributed by atoms with van der Waals surface area (Å²) in [5, 5.41) is 8.33. The van der Waals surface area contributed by atoms with Crippen LogP contribution in [0.15, 0.2) is 41.1 Å². The van der Waals surface area contributed by atoms with Crippen molar-refractivity contribution in [1.82, 2.24) is 15.1 Å². The summed E-state index contributed by atoms with van der Waals surface area (Å²) in [5.74, 6) is 0. The van der Waals surface area contributed by atoms with Crippen LogP contribution in [0.25, 0.3) is 0 Å². The molecule has 5 heteroatoms. The van der Waals surface area contributed by atoms with E-state index in [1.807, 2.05) is 35.1 Å². The Labute approximate surface area is 120 Å². The minimum atomic E-state index is 0.770. The lowest BCUT2D eigenvalue weighted by molar-refractivity contribution is 0.543. The molecule has 0 unspecified atom stereocenters. The standard InChI is InChI=1S/C13H15BrClN3/c14-13-4-3-12(15)9-11(13)10-16-5-1-7-18-8-2-6-17-18/h2-4,6,8-9,16H,1,5,7,10H2. The number of nitrogens with one attached hydrogen (secondary N) is 1. The summed E-state index contributed by atoms with van der Waals surface area (Å²) in [5.41, 5.74) is 1.18. The predicted molar refractivity (Wildman–Crippen MR) is 77.7 cm³/mol. The molecule has 96 valence electrons. The van der Waals surface area contributed by atoms with Gasteiger partial charge in [-0.15, -0.1) is 0 Å². The number of hydrogen-bond acceptors (Lipinski definition) is 2. The Kier molecular flexibility index (Phi) is 5.23. The molecule has 0 aliphatic heterocycles. The Balaban J connectivity index is 1.70. The lowest BCUT2D eigenvalue weighted by Crippen LogP contribution is -2.17. The number of halogens is 2. The van der Waals surface area contributed by atoms with Gasteiger partial charge in [-0.1, -0.05) is 27.5 Å². The summed E-state index contributed by atoms with van der Waals surface area (Å²) in [6.45, 7) is 2.72. The molecule has 0 amide bonds. The number of benzene rings is 1. The van der Waals surface area contributed by atoms with Gasteiger partial charge >= 0.3 is 0 Å². The van der Waals surface area contributed by atoms with Crippen LogP contribution in [0.3, 0.4) is 0 Å². The zero-order chi connectivity index (χ0) is 12.8. The average Bonchev–Trinajstić information content (AvgIpc) is 2.86. The van der Waals surface area contributed by atoms with Gasteiger partial charge in [0.05, 0.1) is 0 Å². The molecule has 2 aromatic rings. The van der Waals surface area contributed by atoms with E-state index in [0.717, 1.165) is 35.6 Å². The molecule has 0 bridgehead atoms. The zero-order valence-corrected chi connectivity index (χ0v) is 12.3. The summed E-state index contributed by atoms with van der Waals surface area (Å²) in [6.07, 6.45) is 4.84. The first-order valence-corrected chi connectivity index (χ1v) is 7.05. The van der Waals surface area contributed by atoms with Crippen molar-refractivity contribution in [1.29, 1.82) is 0 Å². The first kappa shape index (κ1) is 13.6. The Morgan fingerprint density at radius 3 is 3.06 bits per heavy atom. The third-order valence-electron chi connectivity index (χ3n) is 2.62. The maximum absolute atomic E-state index is 5.96. The molecule has 0 saturated heterocycles. The van der Waals surface area contributed by atoms with E-state index in [4.69, 9.17) is 11.6 Å². The number of aryl methyl sites for hydroxylation is 1. The second-order valence-electron chi connectivity index (χ2n) is 4.04. The van der Waals surface area contributed by atoms with Gasteiger partial charge < -0.3 is 5.32 Å². The second kappa shape index (κ2) is 6.92. The molecule has 1 aromatic heterocycles. The zero-order valence-electron chi connectivity index (χ0n) is 9.94. The molecule has 0 radical (unpaired) electrons. The highest BCUT2D eigenvalue weighted by molar-refractivity contribution is 9.10. The molecule has 0 spiro atoms. The van der Waals surface area contributed by atoms with E-state index >= 15 is 0 Å². The van der Waals surface area contributed by atoms with Gasteiger partial charge in [0.15, 0.2) is 0 Å². The van der Waals surface area contributed by atoms with Crippen molar-refractivity contribution in [3.63, 3.8) is 0 Å². The van der Waals surface area contributed by atoms with Gasteiger partial charge in [0.2, 0.25) is 0 Å². The SMILES string of the molecule is Clc1ccc(Br)c(CNCCCn2cccn2)c1. The summed E-state index contributed by atoms with van der Waals surface area (Å²) < 4.78 is 3.03. The largest absolute Gasteiger partial charge is 0.313 e. The third-order valence-corrected chi connectivity index (χ3v) is 3.63. The van der Waals surface area contributed by atoms with Crippen molar-refractivity contribution in [2.75, 3.05) is 6.54 Å². The molecule has 0 saturated carbocycles. The van der Waals surface area contributed by atoms with Crippen molar-refractivity contribution in [2.45, 2.75) is 19.5 Å². The quantitative estimate of drug-likeness (QED) is 0.823. The number of nitrogens with zero attached hydrogens (tertiary/aromatic N) is 2. The molecule has 1 aromatic carbocycles. The van der Waals surface area contributed by atoms with Gasteiger partial charge in [0, 0.05) is 35.0 Å². The normalized spacial score (nSPS) is 10.8. The molecule has 18 heavy (non-hydrogen) atoms. The van der Waals surface area contributed by atoms with Crippen LogP contribution >= 0.6 is 27.5 Å². The van der Waals surface area contributed by atoms with E-state index in [1.54, 1.807) is 6.20 Å². The van der Waals surface area contributed by atoms with Crippen molar-refractivity contribution in [3.05, 3.63) is 51.7 Å². The van der Waals surface area contributed by atoms with Crippen LogP contribution in [0.4, 0.5) is 0 Å². The predicted octanol–water partition coefficient (Wildman–Crippen LogP) is 3.48. The average molecular weight is 329 g/mol. The first-order valence-electron chi connectivity index (χ1n) is 5.88. The van der Waals surface area contributed by atoms with Crippen molar-refractivity contribution in [3.8, 4) is 0 Å². The lowest BCUT2D eigenvalue weighted by Gasteiger charge is -2.07. The van der Waals surface area contributed by atoms with Crippen LogP contribution in [0, 0.1) is 0 Å². The molecule has 1 heterocycles. The highest BCUT2D eigenvalue weighted by atomic mass is 79.9. The molecule has 3 nitrogen and oxygen atoms in total. The van der Waals surface area contributed by atoms with Gasteiger partial charge in [-0.2, -0.15) is 5.10 Å². The fourth-order valence-electron chi connectivity index (χ4n) is 1.70. The topological polar surface area (TPSA) is 29.9 Å². The maximum atomic E-state index is 5.96. The number of rotatable bonds is 6. The van der Waals surface area contributed by atoms with Gasteiger partial charge in [-0.3, -0.25) is 4.68 Å². The van der Waals surface area contributed by atoms with E-state index < -0.39 is 0 Å². The second-order valence-corrected chi connectivity index (χ2v) is 5.33. The molecular weight excluding hydrogens is 314 g/mol. The molecule has 0 fully saturated rings. The highest BCUT2D eigenvalue weighted by Gasteiger charge is 2.00. The van der Waals surface area contributed by atoms with Gasteiger partial charge in [-0.25, -0.2) is 0 Å². The molecule has 0 aliphatic carbocycles. The van der Waals surface area contributed by atoms with E-state index in [0.29, 0.717) is 0 Å². The Bertz CT molecular complexity index is 485. The summed E-state index contributed by atoms with van der Waals surface area (Å²) in [4.78, 5) is 0. The van der Waals surface area contributed by atoms with E-state index in [1.165, 1.54) is 5.56 Å². The molecule has 2 rings (SSSR count). The van der Waals surface area contributed by atoms with E-state index in [9.17, 15) is 0 Å². The van der Waals surface area contributed by atoms with Crippen molar-refractivity contribution >= 4 is 27.5 Å². The monoisotopic (exact) mass is 327 g/mol. The molecule has 0 atom stereocenters. The van der Waals surface area contributed by atoms with Crippen LogP contribution in [0.1, 0.15) is 12.0 Å². The Hall–Kier alpha value is -0.840. The summed E-state index contributed by atoms with van der Waals surface area (Å²) >= 11 is 9.48. The van der Waals surface area contributed by atoms with Crippen LogP contribution in [-0.2, 0) is 13.1 Å². The fourth-order valence-corrected chi connectivity index (χ4v) is 2.28. The van der Waals surface area contributed by atoms with Crippen molar-refractivity contribution in [2.24, 2.45) is 0 Å².